The lowest BCUT2D eigenvalue weighted by Gasteiger charge is -2.38. The van der Waals surface area contributed by atoms with Crippen molar-refractivity contribution in [2.24, 2.45) is 11.7 Å². The number of H-pyrrole nitrogens is 1. The molecule has 4 saturated heterocycles. The molecule has 95 heavy (non-hydrogen) atoms. The third kappa shape index (κ3) is 16.2. The quantitative estimate of drug-likeness (QED) is 0.0252. The summed E-state index contributed by atoms with van der Waals surface area (Å²) in [5.74, 6) is -2.74. The molecule has 1 saturated carbocycles. The topological polar surface area (TPSA) is 358 Å². The number of aromatic amines is 1. The Morgan fingerprint density at radius 1 is 0.905 bits per heavy atom. The maximum absolute atomic E-state index is 15.0. The van der Waals surface area contributed by atoms with Gasteiger partial charge in [-0.25, -0.2) is 9.67 Å². The molecule has 7 heterocycles. The van der Waals surface area contributed by atoms with Gasteiger partial charge in [-0.15, -0.1) is 16.4 Å². The summed E-state index contributed by atoms with van der Waals surface area (Å²) in [4.78, 5) is 143. The number of aliphatic hydroxyl groups excluding tert-OH is 1. The monoisotopic (exact) mass is 1360 g/mol. The van der Waals surface area contributed by atoms with Crippen LogP contribution in [0, 0.1) is 12.8 Å². The molecule has 506 valence electrons. The molecule has 6 aromatic rings. The first-order valence-electron chi connectivity index (χ1n) is 32.5. The van der Waals surface area contributed by atoms with E-state index < -0.39 is 79.1 Å². The first-order valence-corrected chi connectivity index (χ1v) is 35.4. The standard InChI is InChI=1S/C66H81ClN13O13PS/c1-37(40-10-14-44(15-11-40)60-38(2)69-36-95-60)70-63(86)55-31-49(82)32-78(55)65(88)59(79-34-52(74-75-79)41-12-13-41)43-22-26-76(27-23-43)25-5-4-7-42-8-6-9-56(58(42)67)93-35-47(17-21-57(68)83)71-62(85)54-20-18-48-24-28-77(39(3)81)33-53(64(87)80(48)54)73-61(84)51-30-46-29-45(16-19-50(46)72-51)66(89)94(90,91)92/h6,8-11,14-16,19,29-30,34,36-37,41,43,47-49,53-55,59,72,82H,4-5,7,12-13,17-18,20-28,31-33,35H2,1-3H3,(H2,68,83)(H,70,86)(H,71,85)(H,73,84)(H2,90,91,92)/t37-,47-,48+,49+,53-,54-,55-,59-/m0/s1. The van der Waals surface area contributed by atoms with E-state index in [2.05, 4.69) is 41.1 Å². The van der Waals surface area contributed by atoms with E-state index in [1.807, 2.05) is 62.0 Å². The molecule has 3 aromatic carbocycles. The van der Waals surface area contributed by atoms with Crippen LogP contribution in [0.15, 0.2) is 78.4 Å². The highest BCUT2D eigenvalue weighted by molar-refractivity contribution is 7.70. The summed E-state index contributed by atoms with van der Waals surface area (Å²) >= 11 is 8.61. The normalized spacial score (nSPS) is 21.4. The maximum Gasteiger partial charge on any atom is 0.396 e. The van der Waals surface area contributed by atoms with Crippen molar-refractivity contribution in [3.05, 3.63) is 117 Å². The molecule has 5 aliphatic rings. The minimum atomic E-state index is -5.09. The number of fused-ring (bicyclic) bond motifs is 2. The fourth-order valence-corrected chi connectivity index (χ4v) is 15.3. The summed E-state index contributed by atoms with van der Waals surface area (Å²) in [6.45, 7) is 7.52. The zero-order valence-electron chi connectivity index (χ0n) is 53.2. The van der Waals surface area contributed by atoms with Crippen LogP contribution in [0.25, 0.3) is 21.3 Å². The van der Waals surface area contributed by atoms with Crippen molar-refractivity contribution >= 4 is 88.3 Å². The van der Waals surface area contributed by atoms with Gasteiger partial charge in [-0.2, -0.15) is 0 Å². The van der Waals surface area contributed by atoms with E-state index in [4.69, 9.17) is 22.1 Å². The lowest BCUT2D eigenvalue weighted by Crippen LogP contribution is -2.61. The molecule has 11 rings (SSSR count). The van der Waals surface area contributed by atoms with Crippen LogP contribution in [0.1, 0.15) is 152 Å². The Hall–Kier alpha value is -7.91. The maximum atomic E-state index is 15.0. The van der Waals surface area contributed by atoms with Gasteiger partial charge in [0.15, 0.2) is 0 Å². The molecule has 3 aromatic heterocycles. The van der Waals surface area contributed by atoms with Crippen molar-refractivity contribution < 1.29 is 62.6 Å². The number of aliphatic hydroxyl groups is 1. The minimum absolute atomic E-state index is 0.0364. The van der Waals surface area contributed by atoms with Crippen molar-refractivity contribution in [3.63, 3.8) is 0 Å². The number of halogens is 1. The number of carbonyl (C=O) groups excluding carboxylic acids is 8. The summed E-state index contributed by atoms with van der Waals surface area (Å²) in [6.07, 6.45) is 7.99. The lowest BCUT2D eigenvalue weighted by molar-refractivity contribution is -0.145. The highest BCUT2D eigenvalue weighted by atomic mass is 35.5. The van der Waals surface area contributed by atoms with Crippen LogP contribution in [-0.2, 0) is 39.8 Å². The first-order chi connectivity index (χ1) is 45.5. The number of primary amides is 1. The summed E-state index contributed by atoms with van der Waals surface area (Å²) in [5.41, 5.74) is 10.7. The third-order valence-corrected chi connectivity index (χ3v) is 21.3. The number of thiazole rings is 1. The van der Waals surface area contributed by atoms with Gasteiger partial charge in [0.05, 0.1) is 45.0 Å². The number of hydrogen-bond donors (Lipinski definition) is 8. The predicted molar refractivity (Wildman–Crippen MR) is 352 cm³/mol. The fourth-order valence-electron chi connectivity index (χ4n) is 13.7. The Balaban J connectivity index is 0.679. The number of rotatable bonds is 25. The van der Waals surface area contributed by atoms with Gasteiger partial charge in [-0.3, -0.25) is 42.9 Å². The second-order valence-corrected chi connectivity index (χ2v) is 28.6. The summed E-state index contributed by atoms with van der Waals surface area (Å²) in [6, 6.07) is 13.3. The number of ether oxygens (including phenoxy) is 1. The zero-order chi connectivity index (χ0) is 67.4. The number of aryl methyl sites for hydroxylation is 2. The van der Waals surface area contributed by atoms with Gasteiger partial charge in [0.1, 0.15) is 42.2 Å². The molecule has 7 amide bonds. The Morgan fingerprint density at radius 2 is 1.66 bits per heavy atom. The molecule has 26 nitrogen and oxygen atoms in total. The van der Waals surface area contributed by atoms with Crippen LogP contribution < -0.4 is 26.4 Å². The van der Waals surface area contributed by atoms with Crippen LogP contribution in [0.2, 0.25) is 5.02 Å². The SMILES string of the molecule is CC(=O)N1CC[C@H]2CC[C@@H](C(=O)N[C@@H](CCC(N)=O)COc3cccc(CCCCN4CCC([C@@H](C(=O)N5C[C@H](O)C[C@H]5C(=O)N[C@@H](C)c5ccc(-c6scnc6C)cc5)n5cc(C6CC6)nn5)CC4)c3Cl)N2C(=O)[C@@H](NC(=O)c2cc3cc(C(=O)P(=O)(O)O)ccc3[nH]2)C1. The van der Waals surface area contributed by atoms with Gasteiger partial charge in [0.2, 0.25) is 35.4 Å². The second kappa shape index (κ2) is 29.6. The number of aromatic nitrogens is 5. The van der Waals surface area contributed by atoms with Crippen LogP contribution >= 0.6 is 30.5 Å². The van der Waals surface area contributed by atoms with E-state index in [1.165, 1.54) is 41.0 Å². The van der Waals surface area contributed by atoms with Crippen molar-refractivity contribution in [2.75, 3.05) is 45.9 Å². The second-order valence-electron chi connectivity index (χ2n) is 25.9. The van der Waals surface area contributed by atoms with Crippen molar-refractivity contribution in [1.29, 1.82) is 0 Å². The summed E-state index contributed by atoms with van der Waals surface area (Å²) < 4.78 is 19.7. The minimum Gasteiger partial charge on any atom is -0.490 e. The number of carbonyl (C=O) groups is 8. The summed E-state index contributed by atoms with van der Waals surface area (Å²) in [7, 11) is -5.09. The number of piperidine rings is 1. The van der Waals surface area contributed by atoms with E-state index in [1.54, 1.807) is 27.0 Å². The van der Waals surface area contributed by atoms with Gasteiger partial charge in [0, 0.05) is 74.0 Å². The average Bonchev–Trinajstić information content (AvgIpc) is 1.69. The number of nitrogens with one attached hydrogen (secondary N) is 4. The fraction of sp³-hybridized carbons (Fsp3) is 0.500. The lowest BCUT2D eigenvalue weighted by atomic mass is 9.88. The molecular weight excluding hydrogens is 1280 g/mol. The molecular formula is C66H81ClN13O13PS. The van der Waals surface area contributed by atoms with Crippen LogP contribution in [0.4, 0.5) is 0 Å². The molecule has 0 radical (unpaired) electrons. The highest BCUT2D eigenvalue weighted by Gasteiger charge is 2.48. The number of unbranched alkanes of at least 4 members (excludes halogenated alkanes) is 1. The highest BCUT2D eigenvalue weighted by Crippen LogP contribution is 2.42. The molecule has 0 unspecified atom stereocenters. The van der Waals surface area contributed by atoms with Gasteiger partial charge in [-0.05, 0) is 157 Å². The molecule has 1 aliphatic carbocycles. The number of nitrogens with zero attached hydrogens (tertiary/aromatic N) is 8. The van der Waals surface area contributed by atoms with E-state index in [0.29, 0.717) is 59.7 Å². The number of benzene rings is 3. The molecule has 9 N–H and O–H groups in total. The largest absolute Gasteiger partial charge is 0.490 e. The Morgan fingerprint density at radius 3 is 2.37 bits per heavy atom. The average molecular weight is 1360 g/mol. The van der Waals surface area contributed by atoms with Crippen LogP contribution in [0.5, 0.6) is 5.75 Å². The van der Waals surface area contributed by atoms with E-state index in [0.717, 1.165) is 78.3 Å². The number of amides is 7. The van der Waals surface area contributed by atoms with E-state index in [-0.39, 0.29) is 92.9 Å². The van der Waals surface area contributed by atoms with Crippen molar-refractivity contribution in [2.45, 2.75) is 159 Å². The van der Waals surface area contributed by atoms with Crippen LogP contribution in [0.3, 0.4) is 0 Å². The Labute approximate surface area is 558 Å². The Bertz CT molecular complexity index is 3900. The number of nitrogens with two attached hydrogens (primary N) is 1. The molecule has 0 bridgehead atoms. The first kappa shape index (κ1) is 68.5. The molecule has 4 aliphatic heterocycles. The molecule has 5 fully saturated rings. The van der Waals surface area contributed by atoms with Gasteiger partial charge >= 0.3 is 7.60 Å². The van der Waals surface area contributed by atoms with Gasteiger partial charge in [0.25, 0.3) is 11.4 Å². The summed E-state index contributed by atoms with van der Waals surface area (Å²) in [5, 5.41) is 29.6. The molecule has 29 heteroatoms. The third-order valence-electron chi connectivity index (χ3n) is 19.1. The zero-order valence-corrected chi connectivity index (χ0v) is 55.7. The van der Waals surface area contributed by atoms with E-state index in [9.17, 15) is 57.8 Å². The van der Waals surface area contributed by atoms with Gasteiger partial charge in [-0.1, -0.05) is 53.2 Å². The number of likely N-dealkylation sites (tertiary alicyclic amines) is 2. The molecule has 0 spiro atoms. The van der Waals surface area contributed by atoms with Gasteiger partial charge < -0.3 is 65.9 Å². The smallest absolute Gasteiger partial charge is 0.396 e. The predicted octanol–water partition coefficient (Wildman–Crippen LogP) is 5.69. The number of hydrogen-bond acceptors (Lipinski definition) is 16. The number of β-amino-alcohol motifs (C(OH)–C–C–N with tert-alkyl or cyclic N) is 1. The van der Waals surface area contributed by atoms with Crippen LogP contribution in [-0.4, -0.2) is 189 Å². The Kier molecular flexibility index (Phi) is 21.3. The molecule has 8 atom stereocenters. The van der Waals surface area contributed by atoms with Crippen molar-refractivity contribution in [3.8, 4) is 16.2 Å². The van der Waals surface area contributed by atoms with Crippen molar-refractivity contribution in [1.82, 2.24) is 60.5 Å². The van der Waals surface area contributed by atoms with E-state index >= 15 is 0 Å².